The van der Waals surface area contributed by atoms with E-state index in [0.29, 0.717) is 23.2 Å². The standard InChI is InChI=1S/C24H20ClFN4OS/c1-12-17(25)7-8-18-19(12)29-23(28-18)24-11-15(24)9-10-30(24)22(31)20-21(32-13(2)27-20)14-3-5-16(26)6-4-14/h3-8,15H,9-11H2,1-2H3,(H,28,29)/t15-,24+/m1/s1. The Labute approximate surface area is 193 Å². The molecule has 4 aromatic rings. The van der Waals surface area contributed by atoms with Crippen molar-refractivity contribution in [3.05, 3.63) is 69.3 Å². The van der Waals surface area contributed by atoms with E-state index in [1.807, 2.05) is 30.9 Å². The van der Waals surface area contributed by atoms with Crippen LogP contribution in [0, 0.1) is 25.6 Å². The van der Waals surface area contributed by atoms with Gasteiger partial charge in [0.05, 0.1) is 20.9 Å². The van der Waals surface area contributed by atoms with Gasteiger partial charge >= 0.3 is 0 Å². The van der Waals surface area contributed by atoms with Crippen LogP contribution in [0.4, 0.5) is 4.39 Å². The van der Waals surface area contributed by atoms with Crippen LogP contribution in [-0.2, 0) is 5.54 Å². The van der Waals surface area contributed by atoms with Gasteiger partial charge in [0.2, 0.25) is 0 Å². The van der Waals surface area contributed by atoms with E-state index in [1.54, 1.807) is 12.1 Å². The van der Waals surface area contributed by atoms with Crippen molar-refractivity contribution in [2.75, 3.05) is 6.54 Å². The van der Waals surface area contributed by atoms with Crippen molar-refractivity contribution < 1.29 is 9.18 Å². The van der Waals surface area contributed by atoms with Gasteiger partial charge in [0.1, 0.15) is 22.9 Å². The molecule has 2 aliphatic rings. The number of aromatic amines is 1. The molecule has 0 radical (unpaired) electrons. The number of amides is 1. The minimum Gasteiger partial charge on any atom is -0.340 e. The third kappa shape index (κ3) is 2.77. The summed E-state index contributed by atoms with van der Waals surface area (Å²) in [5.41, 5.74) is 3.52. The van der Waals surface area contributed by atoms with Crippen molar-refractivity contribution in [3.8, 4) is 10.4 Å². The summed E-state index contributed by atoms with van der Waals surface area (Å²) in [5.74, 6) is 0.812. The molecule has 2 aromatic heterocycles. The van der Waals surface area contributed by atoms with Gasteiger partial charge in [0.15, 0.2) is 0 Å². The summed E-state index contributed by atoms with van der Waals surface area (Å²) in [5, 5.41) is 1.49. The predicted molar refractivity (Wildman–Crippen MR) is 124 cm³/mol. The fourth-order valence-electron chi connectivity index (χ4n) is 5.06. The molecule has 5 nitrogen and oxygen atoms in total. The Morgan fingerprint density at radius 1 is 1.22 bits per heavy atom. The molecular formula is C24H20ClFN4OS. The highest BCUT2D eigenvalue weighted by atomic mass is 35.5. The number of imidazole rings is 1. The van der Waals surface area contributed by atoms with Gasteiger partial charge in [0.25, 0.3) is 5.91 Å². The Hall–Kier alpha value is -2.77. The first-order chi connectivity index (χ1) is 15.4. The summed E-state index contributed by atoms with van der Waals surface area (Å²) < 4.78 is 13.4. The summed E-state index contributed by atoms with van der Waals surface area (Å²) in [6, 6.07) is 10.0. The van der Waals surface area contributed by atoms with Gasteiger partial charge in [-0.25, -0.2) is 14.4 Å². The number of carbonyl (C=O) groups excluding carboxylic acids is 1. The van der Waals surface area contributed by atoms with E-state index in [1.165, 1.54) is 23.5 Å². The van der Waals surface area contributed by atoms with Gasteiger partial charge in [-0.2, -0.15) is 0 Å². The number of thiazole rings is 1. The summed E-state index contributed by atoms with van der Waals surface area (Å²) in [7, 11) is 0. The fourth-order valence-corrected chi connectivity index (χ4v) is 6.13. The number of fused-ring (bicyclic) bond motifs is 2. The van der Waals surface area contributed by atoms with Crippen molar-refractivity contribution in [2.45, 2.75) is 32.2 Å². The molecular weight excluding hydrogens is 447 g/mol. The number of benzene rings is 2. The van der Waals surface area contributed by atoms with E-state index in [0.717, 1.165) is 50.7 Å². The van der Waals surface area contributed by atoms with Crippen molar-refractivity contribution in [1.29, 1.82) is 0 Å². The Morgan fingerprint density at radius 3 is 2.75 bits per heavy atom. The van der Waals surface area contributed by atoms with E-state index < -0.39 is 5.54 Å². The number of halogens is 2. The summed E-state index contributed by atoms with van der Waals surface area (Å²) >= 11 is 7.76. The van der Waals surface area contributed by atoms with Crippen LogP contribution < -0.4 is 0 Å². The van der Waals surface area contributed by atoms with Crippen LogP contribution in [0.1, 0.15) is 39.7 Å². The quantitative estimate of drug-likeness (QED) is 0.411. The lowest BCUT2D eigenvalue weighted by molar-refractivity contribution is 0.0676. The molecule has 32 heavy (non-hydrogen) atoms. The van der Waals surface area contributed by atoms with Crippen molar-refractivity contribution in [1.82, 2.24) is 19.9 Å². The number of hydrogen-bond donors (Lipinski definition) is 1. The second kappa shape index (κ2) is 6.86. The SMILES string of the molecule is Cc1nc(C(=O)N2CC[C@@H]3C[C@@]32c2nc3c(C)c(Cl)ccc3[nH]2)c(-c2ccc(F)cc2)s1. The number of carbonyl (C=O) groups is 1. The lowest BCUT2D eigenvalue weighted by Gasteiger charge is -2.26. The highest BCUT2D eigenvalue weighted by Crippen LogP contribution is 2.62. The summed E-state index contributed by atoms with van der Waals surface area (Å²) in [4.78, 5) is 29.5. The molecule has 0 spiro atoms. The zero-order valence-electron chi connectivity index (χ0n) is 17.6. The molecule has 0 bridgehead atoms. The first-order valence-electron chi connectivity index (χ1n) is 10.6. The number of rotatable bonds is 3. The van der Waals surface area contributed by atoms with E-state index >= 15 is 0 Å². The second-order valence-corrected chi connectivity index (χ2v) is 10.3. The van der Waals surface area contributed by atoms with Crippen molar-refractivity contribution >= 4 is 39.9 Å². The first kappa shape index (κ1) is 19.9. The normalized spacial score (nSPS) is 21.9. The second-order valence-electron chi connectivity index (χ2n) is 8.64. The van der Waals surface area contributed by atoms with Gasteiger partial charge in [-0.1, -0.05) is 23.7 Å². The minimum atomic E-state index is -0.424. The topological polar surface area (TPSA) is 61.9 Å². The molecule has 2 atom stereocenters. The smallest absolute Gasteiger partial charge is 0.274 e. The van der Waals surface area contributed by atoms with Gasteiger partial charge < -0.3 is 9.88 Å². The summed E-state index contributed by atoms with van der Waals surface area (Å²) in [6.07, 6.45) is 1.83. The molecule has 0 unspecified atom stereocenters. The van der Waals surface area contributed by atoms with Crippen LogP contribution in [0.2, 0.25) is 5.02 Å². The molecule has 1 aliphatic carbocycles. The summed E-state index contributed by atoms with van der Waals surface area (Å²) in [6.45, 7) is 4.52. The van der Waals surface area contributed by atoms with Crippen molar-refractivity contribution in [2.24, 2.45) is 5.92 Å². The molecule has 8 heteroatoms. The van der Waals surface area contributed by atoms with Crippen LogP contribution in [0.25, 0.3) is 21.5 Å². The van der Waals surface area contributed by atoms with Crippen LogP contribution >= 0.6 is 22.9 Å². The Balaban J connectivity index is 1.42. The lowest BCUT2D eigenvalue weighted by Crippen LogP contribution is -2.39. The molecule has 2 aromatic carbocycles. The number of H-pyrrole nitrogens is 1. The Morgan fingerprint density at radius 2 is 2.00 bits per heavy atom. The largest absolute Gasteiger partial charge is 0.340 e. The van der Waals surface area contributed by atoms with Gasteiger partial charge in [-0.15, -0.1) is 11.3 Å². The molecule has 1 aliphatic heterocycles. The average Bonchev–Trinajstić information content (AvgIpc) is 3.11. The van der Waals surface area contributed by atoms with Crippen LogP contribution in [0.3, 0.4) is 0 Å². The highest BCUT2D eigenvalue weighted by Gasteiger charge is 2.66. The zero-order valence-corrected chi connectivity index (χ0v) is 19.1. The predicted octanol–water partition coefficient (Wildman–Crippen LogP) is 5.86. The maximum absolute atomic E-state index is 13.8. The lowest BCUT2D eigenvalue weighted by atomic mass is 10.1. The maximum atomic E-state index is 13.8. The van der Waals surface area contributed by atoms with Crippen LogP contribution in [-0.4, -0.2) is 32.3 Å². The zero-order chi connectivity index (χ0) is 22.2. The molecule has 3 heterocycles. The molecule has 1 N–H and O–H groups in total. The van der Waals surface area contributed by atoms with E-state index in [9.17, 15) is 9.18 Å². The van der Waals surface area contributed by atoms with Crippen molar-refractivity contribution in [3.63, 3.8) is 0 Å². The maximum Gasteiger partial charge on any atom is 0.274 e. The molecule has 1 amide bonds. The number of aromatic nitrogens is 3. The van der Waals surface area contributed by atoms with Gasteiger partial charge in [0, 0.05) is 11.6 Å². The molecule has 1 saturated carbocycles. The number of likely N-dealkylation sites (tertiary alicyclic amines) is 1. The number of hydrogen-bond acceptors (Lipinski definition) is 4. The third-order valence-electron chi connectivity index (χ3n) is 6.80. The minimum absolute atomic E-state index is 0.0936. The number of aryl methyl sites for hydroxylation is 2. The molecule has 6 rings (SSSR count). The average molecular weight is 467 g/mol. The molecule has 1 saturated heterocycles. The number of piperidine rings is 1. The molecule has 2 fully saturated rings. The van der Waals surface area contributed by atoms with Crippen LogP contribution in [0.5, 0.6) is 0 Å². The molecule has 162 valence electrons. The van der Waals surface area contributed by atoms with E-state index in [-0.39, 0.29) is 11.7 Å². The monoisotopic (exact) mass is 466 g/mol. The highest BCUT2D eigenvalue weighted by molar-refractivity contribution is 7.15. The Kier molecular flexibility index (Phi) is 4.26. The first-order valence-corrected chi connectivity index (χ1v) is 11.8. The van der Waals surface area contributed by atoms with Gasteiger partial charge in [-0.3, -0.25) is 4.79 Å². The third-order valence-corrected chi connectivity index (χ3v) is 8.22. The van der Waals surface area contributed by atoms with E-state index in [4.69, 9.17) is 16.6 Å². The van der Waals surface area contributed by atoms with Crippen LogP contribution in [0.15, 0.2) is 36.4 Å². The Bertz CT molecular complexity index is 1400. The number of nitrogens with zero attached hydrogens (tertiary/aromatic N) is 3. The van der Waals surface area contributed by atoms with E-state index in [2.05, 4.69) is 9.97 Å². The fraction of sp³-hybridized carbons (Fsp3) is 0.292. The van der Waals surface area contributed by atoms with Gasteiger partial charge in [-0.05, 0) is 68.0 Å². The number of nitrogens with one attached hydrogen (secondary N) is 1.